The molecule has 1 aliphatic rings. The number of nitrogens with zero attached hydrogens (tertiary/aromatic N) is 4. The number of benzene rings is 7. The first-order chi connectivity index (χ1) is 25.6. The smallest absolute Gasteiger partial charge is 0.339 e. The van der Waals surface area contributed by atoms with E-state index in [2.05, 4.69) is 9.97 Å². The molecule has 262 valence electrons. The van der Waals surface area contributed by atoms with E-state index in [0.29, 0.717) is 48.5 Å². The van der Waals surface area contributed by atoms with Crippen LogP contribution < -0.4 is 15.3 Å². The van der Waals surface area contributed by atoms with Crippen LogP contribution in [-0.4, -0.2) is 53.1 Å². The third kappa shape index (κ3) is 3.36. The predicted molar refractivity (Wildman–Crippen MR) is 198 cm³/mol. The van der Waals surface area contributed by atoms with Gasteiger partial charge in [0.05, 0.1) is 42.6 Å². The van der Waals surface area contributed by atoms with Gasteiger partial charge in [-0.3, -0.25) is 27.5 Å². The Labute approximate surface area is 298 Å². The summed E-state index contributed by atoms with van der Waals surface area (Å²) in [7, 11) is -13.9. The second-order valence-corrected chi connectivity index (χ2v) is 17.7. The predicted octanol–water partition coefficient (Wildman–Crippen LogP) is 4.82. The average Bonchev–Trinajstić information content (AvgIpc) is 3.70. The van der Waals surface area contributed by atoms with Crippen molar-refractivity contribution < 1.29 is 38.5 Å². The van der Waals surface area contributed by atoms with E-state index in [4.69, 9.17) is 4.18 Å². The Hall–Kier alpha value is -6.31. The van der Waals surface area contributed by atoms with E-state index < -0.39 is 51.3 Å². The summed E-state index contributed by atoms with van der Waals surface area (Å²) < 4.78 is 104. The fourth-order valence-corrected chi connectivity index (χ4v) is 10.8. The molecule has 0 saturated heterocycles. The topological polar surface area (TPSA) is 221 Å². The molecule has 0 amide bonds. The molecule has 54 heavy (non-hydrogen) atoms. The fourth-order valence-electron chi connectivity index (χ4n) is 8.61. The van der Waals surface area contributed by atoms with Crippen LogP contribution in [0.15, 0.2) is 97.1 Å². The summed E-state index contributed by atoms with van der Waals surface area (Å²) in [4.78, 5) is 37.0. The molecule has 15 nitrogen and oxygen atoms in total. The van der Waals surface area contributed by atoms with Crippen LogP contribution >= 0.6 is 0 Å². The van der Waals surface area contributed by atoms with E-state index in [1.807, 2.05) is 0 Å². The minimum atomic E-state index is -4.63. The summed E-state index contributed by atoms with van der Waals surface area (Å²) in [6.07, 6.45) is 0. The number of hydrogen-bond donors (Lipinski definition) is 2. The molecule has 0 atom stereocenters. The Balaban J connectivity index is 1.31. The normalized spacial score (nSPS) is 15.0. The molecule has 0 fully saturated rings. The lowest BCUT2D eigenvalue weighted by molar-refractivity contribution is 0.481. The maximum Gasteiger partial charge on any atom is 0.339 e. The van der Waals surface area contributed by atoms with Crippen molar-refractivity contribution in [3.8, 4) is 5.75 Å². The van der Waals surface area contributed by atoms with Gasteiger partial charge in [0, 0.05) is 43.1 Å². The Bertz CT molecular complexity index is 4160. The monoisotopic (exact) mass is 774 g/mol. The lowest BCUT2D eigenvalue weighted by Crippen LogP contribution is -2.19. The Kier molecular flexibility index (Phi) is 4.97. The first kappa shape index (κ1) is 30.2. The molecular formula is C36H14N4O11S3. The van der Waals surface area contributed by atoms with Crippen molar-refractivity contribution in [3.63, 3.8) is 0 Å². The first-order valence-corrected chi connectivity index (χ1v) is 20.2. The molecular weight excluding hydrogens is 761 g/mol. The highest BCUT2D eigenvalue weighted by Crippen LogP contribution is 2.53. The van der Waals surface area contributed by atoms with Gasteiger partial charge in [0.25, 0.3) is 31.4 Å². The van der Waals surface area contributed by atoms with Crippen molar-refractivity contribution in [3.05, 3.63) is 93.5 Å². The summed E-state index contributed by atoms with van der Waals surface area (Å²) in [5.41, 5.74) is -0.151. The minimum absolute atomic E-state index is 0.00231. The number of imidazole rings is 2. The Morgan fingerprint density at radius 3 is 1.50 bits per heavy atom. The van der Waals surface area contributed by atoms with Crippen LogP contribution in [0.5, 0.6) is 5.75 Å². The maximum atomic E-state index is 14.4. The van der Waals surface area contributed by atoms with Gasteiger partial charge < -0.3 is 4.18 Å². The van der Waals surface area contributed by atoms with Crippen LogP contribution in [0.2, 0.25) is 0 Å². The van der Waals surface area contributed by atoms with Gasteiger partial charge >= 0.3 is 10.1 Å². The first-order valence-electron chi connectivity index (χ1n) is 15.9. The number of hydrogen-bond acceptors (Lipinski definition) is 11. The van der Waals surface area contributed by atoms with Gasteiger partial charge in [-0.15, -0.1) is 0 Å². The van der Waals surface area contributed by atoms with E-state index >= 15 is 0 Å². The molecule has 0 unspecified atom stereocenters. The molecule has 0 spiro atoms. The van der Waals surface area contributed by atoms with Crippen LogP contribution in [0.1, 0.15) is 0 Å². The second kappa shape index (κ2) is 8.89. The second-order valence-electron chi connectivity index (χ2n) is 13.4. The fraction of sp³-hybridized carbons (Fsp3) is 0. The molecule has 12 rings (SSSR count). The largest absolute Gasteiger partial charge is 0.378 e. The quantitative estimate of drug-likeness (QED) is 0.104. The summed E-state index contributed by atoms with van der Waals surface area (Å²) in [5, 5.41) is 4.77. The van der Waals surface area contributed by atoms with Crippen LogP contribution in [-0.2, 0) is 30.4 Å². The molecule has 11 aromatic rings. The van der Waals surface area contributed by atoms with Crippen molar-refractivity contribution in [2.45, 2.75) is 14.7 Å². The number of fused-ring (bicyclic) bond motifs is 9. The van der Waals surface area contributed by atoms with E-state index in [1.165, 1.54) is 45.2 Å². The van der Waals surface area contributed by atoms with Crippen molar-refractivity contribution in [1.82, 2.24) is 18.8 Å². The zero-order chi connectivity index (χ0) is 37.1. The van der Waals surface area contributed by atoms with Crippen LogP contribution in [0.25, 0.3) is 98.0 Å². The van der Waals surface area contributed by atoms with Gasteiger partial charge in [0.1, 0.15) is 16.2 Å². The van der Waals surface area contributed by atoms with E-state index in [0.717, 1.165) is 12.1 Å². The van der Waals surface area contributed by atoms with Crippen molar-refractivity contribution in [2.24, 2.45) is 0 Å². The molecule has 18 heteroatoms. The molecule has 7 aromatic carbocycles. The number of pyridine rings is 2. The van der Waals surface area contributed by atoms with Gasteiger partial charge in [-0.1, -0.05) is 12.1 Å². The summed E-state index contributed by atoms with van der Waals surface area (Å²) >= 11 is 0. The minimum Gasteiger partial charge on any atom is -0.378 e. The number of aromatic nitrogens is 4. The van der Waals surface area contributed by atoms with Crippen molar-refractivity contribution >= 4 is 128 Å². The summed E-state index contributed by atoms with van der Waals surface area (Å²) in [6, 6.07) is 17.0. The molecule has 4 aromatic heterocycles. The highest BCUT2D eigenvalue weighted by molar-refractivity contribution is 7.87. The highest BCUT2D eigenvalue weighted by Gasteiger charge is 2.35. The Morgan fingerprint density at radius 2 is 1.00 bits per heavy atom. The SMILES string of the molecule is O=c1c2cc3c4c5c(cc6c(=O)n7c8cc(S(=O)(=O)O)ccc8nc7c7ccc(c8ccc(c2c84)c2nc4ccc(S(=O)(=O)O)cc4n12)c5c67)S(=O)(=O)O3. The van der Waals surface area contributed by atoms with Gasteiger partial charge in [-0.05, 0) is 71.4 Å². The van der Waals surface area contributed by atoms with Crippen molar-refractivity contribution in [2.75, 3.05) is 0 Å². The molecule has 2 N–H and O–H groups in total. The molecule has 0 aliphatic carbocycles. The van der Waals surface area contributed by atoms with Crippen LogP contribution in [0.3, 0.4) is 0 Å². The number of rotatable bonds is 2. The van der Waals surface area contributed by atoms with Crippen LogP contribution in [0, 0.1) is 0 Å². The zero-order valence-corrected chi connectivity index (χ0v) is 29.0. The van der Waals surface area contributed by atoms with E-state index in [-0.39, 0.29) is 60.2 Å². The zero-order valence-electron chi connectivity index (χ0n) is 26.5. The maximum absolute atomic E-state index is 14.4. The molecule has 5 heterocycles. The van der Waals surface area contributed by atoms with Crippen molar-refractivity contribution in [1.29, 1.82) is 0 Å². The summed E-state index contributed by atoms with van der Waals surface area (Å²) in [6.45, 7) is 0. The van der Waals surface area contributed by atoms with Gasteiger partial charge in [-0.2, -0.15) is 25.3 Å². The molecule has 0 saturated carbocycles. The molecule has 0 bridgehead atoms. The third-order valence-electron chi connectivity index (χ3n) is 10.7. The standard InChI is InChI=1S/C36H14N4O11S3/c41-35-19-11-25-31-29-15(3-5-17(27(19)29)33-37-21-7-1-13(52(43,44)45)9-23(21)39(33)35)16-4-6-18-28-20(12-26(32(31)30(16)28)54(49,50)51-25)36(42)40-24-10-14(53(46,47)48)2-8-22(24)38-34(18)40/h1-12H,(H,43,44,45)(H,46,47,48). The highest BCUT2D eigenvalue weighted by atomic mass is 32.2. The van der Waals surface area contributed by atoms with E-state index in [9.17, 15) is 43.9 Å². The summed E-state index contributed by atoms with van der Waals surface area (Å²) in [5.74, 6) is -0.123. The molecule has 0 radical (unpaired) electrons. The lowest BCUT2D eigenvalue weighted by atomic mass is 9.85. The van der Waals surface area contributed by atoms with Gasteiger partial charge in [0.2, 0.25) is 0 Å². The van der Waals surface area contributed by atoms with Gasteiger partial charge in [-0.25, -0.2) is 9.97 Å². The van der Waals surface area contributed by atoms with Crippen LogP contribution in [0.4, 0.5) is 0 Å². The Morgan fingerprint density at radius 1 is 0.537 bits per heavy atom. The average molecular weight is 775 g/mol. The van der Waals surface area contributed by atoms with Gasteiger partial charge in [0.15, 0.2) is 5.75 Å². The third-order valence-corrected chi connectivity index (χ3v) is 13.7. The lowest BCUT2D eigenvalue weighted by Gasteiger charge is -2.25. The van der Waals surface area contributed by atoms with E-state index in [1.54, 1.807) is 24.3 Å². The molecule has 1 aliphatic heterocycles.